The summed E-state index contributed by atoms with van der Waals surface area (Å²) in [5, 5.41) is 7.24. The first-order valence-electron chi connectivity index (χ1n) is 9.88. The summed E-state index contributed by atoms with van der Waals surface area (Å²) in [4.78, 5) is 0.0590. The van der Waals surface area contributed by atoms with Crippen LogP contribution in [0.4, 0.5) is 4.39 Å². The standard InChI is InChI=1S/C22H25FN4O2S/c1-24-22-11-16-10-21(23)17(12-26-30(28,29)18-13-25-27(2)14-18)9-19(16)20(22)8-15-6-4-3-5-7-15/h3-7,9-10,13-14,20,22,24,26H,8,11-12H2,1-2H3. The zero-order chi connectivity index (χ0) is 21.3. The highest BCUT2D eigenvalue weighted by Crippen LogP contribution is 2.37. The van der Waals surface area contributed by atoms with Crippen molar-refractivity contribution in [3.05, 3.63) is 82.9 Å². The van der Waals surface area contributed by atoms with Crippen LogP contribution < -0.4 is 10.0 Å². The molecule has 2 atom stereocenters. The maximum Gasteiger partial charge on any atom is 0.243 e. The van der Waals surface area contributed by atoms with E-state index in [9.17, 15) is 12.8 Å². The van der Waals surface area contributed by atoms with Gasteiger partial charge >= 0.3 is 0 Å². The Hall–Kier alpha value is -2.55. The second kappa shape index (κ2) is 8.29. The highest BCUT2D eigenvalue weighted by molar-refractivity contribution is 7.89. The number of fused-ring (bicyclic) bond motifs is 1. The normalized spacial score (nSPS) is 18.5. The van der Waals surface area contributed by atoms with Gasteiger partial charge in [-0.2, -0.15) is 5.10 Å². The van der Waals surface area contributed by atoms with Crippen LogP contribution in [0.25, 0.3) is 0 Å². The van der Waals surface area contributed by atoms with Gasteiger partial charge in [-0.3, -0.25) is 4.68 Å². The maximum absolute atomic E-state index is 14.7. The smallest absolute Gasteiger partial charge is 0.243 e. The lowest BCUT2D eigenvalue weighted by atomic mass is 9.90. The molecule has 0 spiro atoms. The SMILES string of the molecule is CNC1Cc2cc(F)c(CNS(=O)(=O)c3cnn(C)c3)cc2C1Cc1ccccc1. The first kappa shape index (κ1) is 20.7. The summed E-state index contributed by atoms with van der Waals surface area (Å²) in [6.45, 7) is -0.112. The predicted octanol–water partition coefficient (Wildman–Crippen LogP) is 2.51. The van der Waals surface area contributed by atoms with Crippen LogP contribution in [-0.2, 0) is 36.5 Å². The third kappa shape index (κ3) is 4.16. The summed E-state index contributed by atoms with van der Waals surface area (Å²) >= 11 is 0. The topological polar surface area (TPSA) is 76.0 Å². The Morgan fingerprint density at radius 2 is 2.00 bits per heavy atom. The molecule has 6 nitrogen and oxygen atoms in total. The van der Waals surface area contributed by atoms with Gasteiger partial charge < -0.3 is 5.32 Å². The average Bonchev–Trinajstić information content (AvgIpc) is 3.31. The van der Waals surface area contributed by atoms with Crippen molar-refractivity contribution in [1.29, 1.82) is 0 Å². The number of halogens is 1. The van der Waals surface area contributed by atoms with Crippen LogP contribution >= 0.6 is 0 Å². The van der Waals surface area contributed by atoms with E-state index in [1.807, 2.05) is 31.3 Å². The Bertz CT molecular complexity index is 1150. The molecule has 1 aliphatic rings. The van der Waals surface area contributed by atoms with Crippen molar-refractivity contribution in [3.8, 4) is 0 Å². The van der Waals surface area contributed by atoms with Gasteiger partial charge in [-0.05, 0) is 42.6 Å². The molecule has 2 aromatic carbocycles. The molecule has 8 heteroatoms. The minimum atomic E-state index is -3.76. The van der Waals surface area contributed by atoms with Gasteiger partial charge in [0.05, 0.1) is 6.20 Å². The van der Waals surface area contributed by atoms with Crippen LogP contribution in [0.15, 0.2) is 59.8 Å². The van der Waals surface area contributed by atoms with Crippen LogP contribution in [0, 0.1) is 5.82 Å². The number of nitrogens with one attached hydrogen (secondary N) is 2. The van der Waals surface area contributed by atoms with Crippen molar-refractivity contribution in [1.82, 2.24) is 19.8 Å². The third-order valence-corrected chi connectivity index (χ3v) is 7.10. The fourth-order valence-corrected chi connectivity index (χ4v) is 5.14. The molecule has 30 heavy (non-hydrogen) atoms. The first-order chi connectivity index (χ1) is 14.4. The first-order valence-corrected chi connectivity index (χ1v) is 11.4. The number of rotatable bonds is 7. The van der Waals surface area contributed by atoms with E-state index in [2.05, 4.69) is 27.3 Å². The van der Waals surface area contributed by atoms with Gasteiger partial charge in [-0.15, -0.1) is 0 Å². The van der Waals surface area contributed by atoms with Crippen molar-refractivity contribution in [2.24, 2.45) is 7.05 Å². The van der Waals surface area contributed by atoms with Crippen LogP contribution in [0.5, 0.6) is 0 Å². The molecule has 2 N–H and O–H groups in total. The molecule has 0 saturated carbocycles. The fourth-order valence-electron chi connectivity index (χ4n) is 4.15. The summed E-state index contributed by atoms with van der Waals surface area (Å²) < 4.78 is 43.6. The van der Waals surface area contributed by atoms with Gasteiger partial charge in [-0.25, -0.2) is 17.5 Å². The Morgan fingerprint density at radius 1 is 1.23 bits per heavy atom. The number of hydrogen-bond donors (Lipinski definition) is 2. The molecule has 1 heterocycles. The quantitative estimate of drug-likeness (QED) is 0.606. The highest BCUT2D eigenvalue weighted by Gasteiger charge is 2.32. The maximum atomic E-state index is 14.7. The van der Waals surface area contributed by atoms with Crippen molar-refractivity contribution < 1.29 is 12.8 Å². The number of benzene rings is 2. The number of likely N-dealkylation sites (N-methyl/N-ethyl adjacent to an activating group) is 1. The summed E-state index contributed by atoms with van der Waals surface area (Å²) in [5.41, 5.74) is 3.62. The van der Waals surface area contributed by atoms with Gasteiger partial charge in [0.25, 0.3) is 0 Å². The van der Waals surface area contributed by atoms with Crippen molar-refractivity contribution >= 4 is 10.0 Å². The van der Waals surface area contributed by atoms with Gasteiger partial charge in [-0.1, -0.05) is 36.4 Å². The molecule has 1 aliphatic carbocycles. The molecule has 2 unspecified atom stereocenters. The van der Waals surface area contributed by atoms with Crippen molar-refractivity contribution in [2.45, 2.75) is 36.2 Å². The predicted molar refractivity (Wildman–Crippen MR) is 113 cm³/mol. The minimum absolute atomic E-state index is 0.0590. The zero-order valence-electron chi connectivity index (χ0n) is 17.0. The lowest BCUT2D eigenvalue weighted by molar-refractivity contribution is 0.492. The third-order valence-electron chi connectivity index (χ3n) is 5.75. The monoisotopic (exact) mass is 428 g/mol. The van der Waals surface area contributed by atoms with Crippen LogP contribution in [0.1, 0.15) is 28.2 Å². The van der Waals surface area contributed by atoms with Crippen molar-refractivity contribution in [2.75, 3.05) is 7.05 Å². The van der Waals surface area contributed by atoms with Crippen LogP contribution in [0.3, 0.4) is 0 Å². The Kier molecular flexibility index (Phi) is 5.73. The zero-order valence-corrected chi connectivity index (χ0v) is 17.8. The molecule has 0 fully saturated rings. The van der Waals surface area contributed by atoms with Crippen LogP contribution in [-0.4, -0.2) is 31.3 Å². The largest absolute Gasteiger partial charge is 0.316 e. The number of aromatic nitrogens is 2. The van der Waals surface area contributed by atoms with Gasteiger partial charge in [0.15, 0.2) is 0 Å². The number of nitrogens with zero attached hydrogens (tertiary/aromatic N) is 2. The van der Waals surface area contributed by atoms with E-state index in [-0.39, 0.29) is 23.4 Å². The molecular weight excluding hydrogens is 403 g/mol. The highest BCUT2D eigenvalue weighted by atomic mass is 32.2. The molecule has 0 amide bonds. The van der Waals surface area contributed by atoms with E-state index in [0.29, 0.717) is 5.56 Å². The van der Waals surface area contributed by atoms with Crippen molar-refractivity contribution in [3.63, 3.8) is 0 Å². The summed E-state index contributed by atoms with van der Waals surface area (Å²) in [5.74, 6) is -0.195. The summed E-state index contributed by atoms with van der Waals surface area (Å²) in [6.07, 6.45) is 4.28. The summed E-state index contributed by atoms with van der Waals surface area (Å²) in [7, 11) is -0.191. The van der Waals surface area contributed by atoms with E-state index in [4.69, 9.17) is 0 Å². The van der Waals surface area contributed by atoms with E-state index in [1.165, 1.54) is 22.6 Å². The number of aryl methyl sites for hydroxylation is 1. The van der Waals surface area contributed by atoms with E-state index in [1.54, 1.807) is 13.1 Å². The number of hydrogen-bond acceptors (Lipinski definition) is 4. The lowest BCUT2D eigenvalue weighted by Crippen LogP contribution is -2.30. The lowest BCUT2D eigenvalue weighted by Gasteiger charge is -2.20. The molecule has 0 saturated heterocycles. The number of sulfonamides is 1. The molecule has 4 rings (SSSR count). The minimum Gasteiger partial charge on any atom is -0.316 e. The van der Waals surface area contributed by atoms with Gasteiger partial charge in [0.2, 0.25) is 10.0 Å². The fraction of sp³-hybridized carbons (Fsp3) is 0.318. The summed E-state index contributed by atoms with van der Waals surface area (Å²) in [6, 6.07) is 13.8. The van der Waals surface area contributed by atoms with Gasteiger partial charge in [0.1, 0.15) is 10.7 Å². The van der Waals surface area contributed by atoms with E-state index >= 15 is 0 Å². The van der Waals surface area contributed by atoms with E-state index < -0.39 is 15.8 Å². The van der Waals surface area contributed by atoms with E-state index in [0.717, 1.165) is 24.0 Å². The second-order valence-corrected chi connectivity index (χ2v) is 9.48. The molecule has 3 aromatic rings. The average molecular weight is 429 g/mol. The van der Waals surface area contributed by atoms with Gasteiger partial charge in [0, 0.05) is 37.3 Å². The Morgan fingerprint density at radius 3 is 2.67 bits per heavy atom. The molecule has 158 valence electrons. The molecule has 0 radical (unpaired) electrons. The molecular formula is C22H25FN4O2S. The molecule has 1 aromatic heterocycles. The molecule has 0 aliphatic heterocycles. The Labute approximate surface area is 176 Å². The Balaban J connectivity index is 1.59. The van der Waals surface area contributed by atoms with Crippen LogP contribution in [0.2, 0.25) is 0 Å². The molecule has 0 bridgehead atoms. The second-order valence-electron chi connectivity index (χ2n) is 7.71.